The number of hydrogen-bond donors (Lipinski definition) is 1. The Morgan fingerprint density at radius 3 is 2.91 bits per heavy atom. The lowest BCUT2D eigenvalue weighted by Gasteiger charge is -2.32. The van der Waals surface area contributed by atoms with Crippen molar-refractivity contribution in [3.8, 4) is 11.3 Å². The van der Waals surface area contributed by atoms with Crippen LogP contribution in [-0.4, -0.2) is 36.1 Å². The van der Waals surface area contributed by atoms with Crippen molar-refractivity contribution in [2.24, 2.45) is 0 Å². The SMILES string of the molecule is CNC1CCCN(Cc2cccc(-c3ccccn3)c2)C1.Cl. The van der Waals surface area contributed by atoms with E-state index in [1.807, 2.05) is 18.3 Å². The minimum absolute atomic E-state index is 0. The van der Waals surface area contributed by atoms with Gasteiger partial charge in [0.05, 0.1) is 5.69 Å². The van der Waals surface area contributed by atoms with E-state index in [-0.39, 0.29) is 12.4 Å². The molecule has 0 spiro atoms. The number of halogens is 1. The Morgan fingerprint density at radius 2 is 2.14 bits per heavy atom. The number of likely N-dealkylation sites (tertiary alicyclic amines) is 1. The molecule has 1 atom stereocenters. The Bertz CT molecular complexity index is 574. The largest absolute Gasteiger partial charge is 0.316 e. The molecule has 2 heterocycles. The normalized spacial score (nSPS) is 18.7. The van der Waals surface area contributed by atoms with Gasteiger partial charge in [-0.25, -0.2) is 0 Å². The Labute approximate surface area is 139 Å². The molecule has 1 aromatic heterocycles. The first-order valence-electron chi connectivity index (χ1n) is 7.75. The average molecular weight is 318 g/mol. The van der Waals surface area contributed by atoms with Crippen LogP contribution in [0.15, 0.2) is 48.7 Å². The van der Waals surface area contributed by atoms with Gasteiger partial charge in [0, 0.05) is 30.9 Å². The van der Waals surface area contributed by atoms with Crippen molar-refractivity contribution in [1.82, 2.24) is 15.2 Å². The van der Waals surface area contributed by atoms with E-state index in [1.54, 1.807) is 0 Å². The average Bonchev–Trinajstić information content (AvgIpc) is 2.56. The summed E-state index contributed by atoms with van der Waals surface area (Å²) in [6.45, 7) is 3.37. The monoisotopic (exact) mass is 317 g/mol. The van der Waals surface area contributed by atoms with Gasteiger partial charge >= 0.3 is 0 Å². The fourth-order valence-corrected chi connectivity index (χ4v) is 3.06. The van der Waals surface area contributed by atoms with Gasteiger partial charge in [-0.1, -0.05) is 24.3 Å². The minimum Gasteiger partial charge on any atom is -0.316 e. The fourth-order valence-electron chi connectivity index (χ4n) is 3.06. The first-order chi connectivity index (χ1) is 10.3. The summed E-state index contributed by atoms with van der Waals surface area (Å²) in [6.07, 6.45) is 4.43. The molecule has 0 saturated carbocycles. The molecule has 0 aliphatic carbocycles. The maximum atomic E-state index is 4.44. The van der Waals surface area contributed by atoms with Crippen molar-refractivity contribution in [2.45, 2.75) is 25.4 Å². The molecule has 1 aliphatic rings. The molecule has 3 rings (SSSR count). The summed E-state index contributed by atoms with van der Waals surface area (Å²) in [4.78, 5) is 6.98. The quantitative estimate of drug-likeness (QED) is 0.937. The van der Waals surface area contributed by atoms with Crippen molar-refractivity contribution in [3.63, 3.8) is 0 Å². The van der Waals surface area contributed by atoms with Crippen LogP contribution < -0.4 is 5.32 Å². The van der Waals surface area contributed by atoms with Crippen LogP contribution in [0.25, 0.3) is 11.3 Å². The highest BCUT2D eigenvalue weighted by Gasteiger charge is 2.18. The van der Waals surface area contributed by atoms with Crippen LogP contribution in [0.1, 0.15) is 18.4 Å². The van der Waals surface area contributed by atoms with Crippen LogP contribution in [0.2, 0.25) is 0 Å². The standard InChI is InChI=1S/C18H23N3.ClH/c1-19-17-8-5-11-21(14-17)13-15-6-4-7-16(12-15)18-9-2-3-10-20-18;/h2-4,6-7,9-10,12,17,19H,5,8,11,13-14H2,1H3;1H. The predicted octanol–water partition coefficient (Wildman–Crippen LogP) is 3.35. The smallest absolute Gasteiger partial charge is 0.0702 e. The van der Waals surface area contributed by atoms with E-state index in [0.717, 1.165) is 18.8 Å². The van der Waals surface area contributed by atoms with Gasteiger partial charge in [-0.2, -0.15) is 0 Å². The molecule has 1 fully saturated rings. The summed E-state index contributed by atoms with van der Waals surface area (Å²) in [7, 11) is 2.07. The van der Waals surface area contributed by atoms with E-state index in [2.05, 4.69) is 52.6 Å². The van der Waals surface area contributed by atoms with Crippen LogP contribution in [0.5, 0.6) is 0 Å². The Kier molecular flexibility index (Phi) is 6.37. The molecule has 0 bridgehead atoms. The summed E-state index contributed by atoms with van der Waals surface area (Å²) in [5.74, 6) is 0. The number of likely N-dealkylation sites (N-methyl/N-ethyl adjacent to an activating group) is 1. The Hall–Kier alpha value is -1.42. The minimum atomic E-state index is 0. The van der Waals surface area contributed by atoms with E-state index in [0.29, 0.717) is 6.04 Å². The molecule has 1 N–H and O–H groups in total. The van der Waals surface area contributed by atoms with Crippen LogP contribution >= 0.6 is 12.4 Å². The van der Waals surface area contributed by atoms with Crippen molar-refractivity contribution >= 4 is 12.4 Å². The predicted molar refractivity (Wildman–Crippen MR) is 94.3 cm³/mol. The number of benzene rings is 1. The molecule has 1 aromatic carbocycles. The maximum absolute atomic E-state index is 4.44. The van der Waals surface area contributed by atoms with Gasteiger partial charge in [-0.15, -0.1) is 12.4 Å². The third-order valence-electron chi connectivity index (χ3n) is 4.21. The molecular formula is C18H24ClN3. The van der Waals surface area contributed by atoms with Crippen molar-refractivity contribution in [3.05, 3.63) is 54.2 Å². The van der Waals surface area contributed by atoms with Gasteiger partial charge in [0.1, 0.15) is 0 Å². The molecule has 0 radical (unpaired) electrons. The zero-order valence-electron chi connectivity index (χ0n) is 13.0. The summed E-state index contributed by atoms with van der Waals surface area (Å²) >= 11 is 0. The molecule has 1 unspecified atom stereocenters. The van der Waals surface area contributed by atoms with E-state index < -0.39 is 0 Å². The number of piperidine rings is 1. The third kappa shape index (κ3) is 4.29. The second-order valence-corrected chi connectivity index (χ2v) is 5.78. The van der Waals surface area contributed by atoms with E-state index >= 15 is 0 Å². The highest BCUT2D eigenvalue weighted by Crippen LogP contribution is 2.20. The lowest BCUT2D eigenvalue weighted by Crippen LogP contribution is -2.43. The third-order valence-corrected chi connectivity index (χ3v) is 4.21. The van der Waals surface area contributed by atoms with Crippen LogP contribution in [0.3, 0.4) is 0 Å². The topological polar surface area (TPSA) is 28.2 Å². The summed E-state index contributed by atoms with van der Waals surface area (Å²) in [5, 5.41) is 3.41. The zero-order valence-corrected chi connectivity index (χ0v) is 13.9. The second-order valence-electron chi connectivity index (χ2n) is 5.78. The molecule has 22 heavy (non-hydrogen) atoms. The van der Waals surface area contributed by atoms with Crippen LogP contribution in [0, 0.1) is 0 Å². The maximum Gasteiger partial charge on any atom is 0.0702 e. The van der Waals surface area contributed by atoms with Gasteiger partial charge in [0.15, 0.2) is 0 Å². The molecule has 4 heteroatoms. The van der Waals surface area contributed by atoms with Gasteiger partial charge < -0.3 is 5.32 Å². The first kappa shape index (κ1) is 16.9. The number of rotatable bonds is 4. The van der Waals surface area contributed by atoms with Crippen molar-refractivity contribution < 1.29 is 0 Å². The Balaban J connectivity index is 0.00000176. The molecule has 0 amide bonds. The van der Waals surface area contributed by atoms with Gasteiger partial charge in [0.2, 0.25) is 0 Å². The lowest BCUT2D eigenvalue weighted by molar-refractivity contribution is 0.188. The van der Waals surface area contributed by atoms with E-state index in [4.69, 9.17) is 0 Å². The highest BCUT2D eigenvalue weighted by molar-refractivity contribution is 5.85. The van der Waals surface area contributed by atoms with E-state index in [9.17, 15) is 0 Å². The fraction of sp³-hybridized carbons (Fsp3) is 0.389. The van der Waals surface area contributed by atoms with Crippen molar-refractivity contribution in [1.29, 1.82) is 0 Å². The van der Waals surface area contributed by atoms with Gasteiger partial charge in [-0.3, -0.25) is 9.88 Å². The second kappa shape index (κ2) is 8.28. The summed E-state index contributed by atoms with van der Waals surface area (Å²) < 4.78 is 0. The summed E-state index contributed by atoms with van der Waals surface area (Å²) in [5.41, 5.74) is 3.62. The van der Waals surface area contributed by atoms with Gasteiger partial charge in [0.25, 0.3) is 0 Å². The number of aromatic nitrogens is 1. The molecule has 3 nitrogen and oxygen atoms in total. The number of pyridine rings is 1. The number of nitrogens with zero attached hydrogens (tertiary/aromatic N) is 2. The summed E-state index contributed by atoms with van der Waals surface area (Å²) in [6, 6.07) is 15.5. The molecule has 2 aromatic rings. The zero-order chi connectivity index (χ0) is 14.5. The van der Waals surface area contributed by atoms with Crippen LogP contribution in [-0.2, 0) is 6.54 Å². The molecular weight excluding hydrogens is 294 g/mol. The van der Waals surface area contributed by atoms with Gasteiger partial charge in [-0.05, 0) is 50.2 Å². The lowest BCUT2D eigenvalue weighted by atomic mass is 10.0. The molecule has 118 valence electrons. The highest BCUT2D eigenvalue weighted by atomic mass is 35.5. The van der Waals surface area contributed by atoms with Crippen molar-refractivity contribution in [2.75, 3.05) is 20.1 Å². The first-order valence-corrected chi connectivity index (χ1v) is 7.75. The number of hydrogen-bond acceptors (Lipinski definition) is 3. The molecule has 1 saturated heterocycles. The Morgan fingerprint density at radius 1 is 1.23 bits per heavy atom. The van der Waals surface area contributed by atoms with E-state index in [1.165, 1.54) is 30.5 Å². The van der Waals surface area contributed by atoms with Crippen LogP contribution in [0.4, 0.5) is 0 Å². The molecule has 1 aliphatic heterocycles. The number of nitrogens with one attached hydrogen (secondary N) is 1.